The number of pyridine rings is 1. The van der Waals surface area contributed by atoms with Gasteiger partial charge in [0.2, 0.25) is 0 Å². The van der Waals surface area contributed by atoms with Gasteiger partial charge in [-0.3, -0.25) is 0 Å². The van der Waals surface area contributed by atoms with Gasteiger partial charge in [0, 0.05) is 15.4 Å². The molecule has 0 bridgehead atoms. The molecule has 1 aromatic heterocycles. The maximum absolute atomic E-state index is 4.99. The van der Waals surface area contributed by atoms with Crippen LogP contribution in [0, 0.1) is 0 Å². The second kappa shape index (κ2) is 5.78. The van der Waals surface area contributed by atoms with E-state index in [1.807, 2.05) is 6.07 Å². The zero-order valence-corrected chi connectivity index (χ0v) is 14.5. The zero-order chi connectivity index (χ0) is 15.8. The first kappa shape index (κ1) is 14.4. The van der Waals surface area contributed by atoms with Crippen LogP contribution < -0.4 is 0 Å². The van der Waals surface area contributed by atoms with Gasteiger partial charge in [0.25, 0.3) is 0 Å². The quantitative estimate of drug-likeness (QED) is 0.377. The van der Waals surface area contributed by atoms with E-state index in [-0.39, 0.29) is 0 Å². The van der Waals surface area contributed by atoms with Crippen LogP contribution in [0.1, 0.15) is 12.5 Å². The lowest BCUT2D eigenvalue weighted by molar-refractivity contribution is 1.12. The number of hydrogen-bond donors (Lipinski definition) is 0. The van der Waals surface area contributed by atoms with Crippen molar-refractivity contribution in [2.45, 2.75) is 13.3 Å². The molecular formula is C21H16BrN. The van der Waals surface area contributed by atoms with E-state index in [1.165, 1.54) is 21.7 Å². The van der Waals surface area contributed by atoms with Crippen molar-refractivity contribution in [3.63, 3.8) is 0 Å². The maximum atomic E-state index is 4.99. The number of nitrogens with zero attached hydrogens (tertiary/aromatic N) is 1. The van der Waals surface area contributed by atoms with Gasteiger partial charge < -0.3 is 0 Å². The fourth-order valence-electron chi connectivity index (χ4n) is 3.12. The lowest BCUT2D eigenvalue weighted by atomic mass is 9.98. The Balaban J connectivity index is 2.05. The molecule has 0 radical (unpaired) electrons. The van der Waals surface area contributed by atoms with Crippen molar-refractivity contribution in [3.8, 4) is 11.3 Å². The Morgan fingerprint density at radius 2 is 1.74 bits per heavy atom. The van der Waals surface area contributed by atoms with Crippen LogP contribution in [-0.2, 0) is 6.42 Å². The average molecular weight is 362 g/mol. The minimum Gasteiger partial charge on any atom is -0.247 e. The van der Waals surface area contributed by atoms with Crippen LogP contribution in [0.5, 0.6) is 0 Å². The molecule has 0 saturated heterocycles. The van der Waals surface area contributed by atoms with Crippen LogP contribution in [0.25, 0.3) is 32.9 Å². The van der Waals surface area contributed by atoms with Gasteiger partial charge in [-0.1, -0.05) is 65.3 Å². The second-order valence-corrected chi connectivity index (χ2v) is 6.63. The summed E-state index contributed by atoms with van der Waals surface area (Å²) in [5.41, 5.74) is 4.57. The minimum atomic E-state index is 0.966. The van der Waals surface area contributed by atoms with Gasteiger partial charge in [-0.05, 0) is 47.0 Å². The van der Waals surface area contributed by atoms with Gasteiger partial charge in [-0.25, -0.2) is 4.98 Å². The van der Waals surface area contributed by atoms with Crippen molar-refractivity contribution in [1.82, 2.24) is 4.98 Å². The highest BCUT2D eigenvalue weighted by molar-refractivity contribution is 9.10. The topological polar surface area (TPSA) is 12.9 Å². The second-order valence-electron chi connectivity index (χ2n) is 5.71. The van der Waals surface area contributed by atoms with E-state index < -0.39 is 0 Å². The van der Waals surface area contributed by atoms with Crippen molar-refractivity contribution >= 4 is 37.6 Å². The standard InChI is InChI=1S/C21H16BrN/c1-2-14-13-19-18-9-4-3-6-15(18)10-11-20(19)23-21(14)16-7-5-8-17(22)12-16/h3-13H,2H2,1H3. The number of benzene rings is 3. The number of aryl methyl sites for hydroxylation is 1. The Morgan fingerprint density at radius 1 is 0.870 bits per heavy atom. The zero-order valence-electron chi connectivity index (χ0n) is 12.9. The van der Waals surface area contributed by atoms with Crippen LogP contribution in [0.15, 0.2) is 71.2 Å². The number of hydrogen-bond acceptors (Lipinski definition) is 1. The van der Waals surface area contributed by atoms with Crippen molar-refractivity contribution < 1.29 is 0 Å². The van der Waals surface area contributed by atoms with Crippen molar-refractivity contribution in [1.29, 1.82) is 0 Å². The fourth-order valence-corrected chi connectivity index (χ4v) is 3.52. The molecule has 0 aliphatic heterocycles. The predicted molar refractivity (Wildman–Crippen MR) is 102 cm³/mol. The van der Waals surface area contributed by atoms with Crippen LogP contribution in [0.2, 0.25) is 0 Å². The predicted octanol–water partition coefficient (Wildman–Crippen LogP) is 6.38. The highest BCUT2D eigenvalue weighted by atomic mass is 79.9. The fraction of sp³-hybridized carbons (Fsp3) is 0.0952. The van der Waals surface area contributed by atoms with Crippen LogP contribution in [0.4, 0.5) is 0 Å². The van der Waals surface area contributed by atoms with Crippen molar-refractivity contribution in [2.75, 3.05) is 0 Å². The van der Waals surface area contributed by atoms with Gasteiger partial charge in [-0.2, -0.15) is 0 Å². The summed E-state index contributed by atoms with van der Waals surface area (Å²) in [6.45, 7) is 2.19. The summed E-state index contributed by atoms with van der Waals surface area (Å²) in [5.74, 6) is 0. The average Bonchev–Trinajstić information content (AvgIpc) is 2.60. The molecule has 0 saturated carbocycles. The van der Waals surface area contributed by atoms with Gasteiger partial charge in [0.1, 0.15) is 0 Å². The normalized spacial score (nSPS) is 11.2. The summed E-state index contributed by atoms with van der Waals surface area (Å²) in [7, 11) is 0. The molecule has 0 aliphatic rings. The van der Waals surface area contributed by atoms with E-state index in [9.17, 15) is 0 Å². The molecule has 0 fully saturated rings. The number of halogens is 1. The summed E-state index contributed by atoms with van der Waals surface area (Å²) >= 11 is 3.56. The smallest absolute Gasteiger partial charge is 0.0741 e. The SMILES string of the molecule is CCc1cc2c(ccc3ccccc32)nc1-c1cccc(Br)c1. The van der Waals surface area contributed by atoms with E-state index >= 15 is 0 Å². The Kier molecular flexibility index (Phi) is 3.62. The van der Waals surface area contributed by atoms with Crippen LogP contribution >= 0.6 is 15.9 Å². The summed E-state index contributed by atoms with van der Waals surface area (Å²) in [6.07, 6.45) is 0.966. The number of rotatable bonds is 2. The molecule has 4 rings (SSSR count). The molecule has 0 atom stereocenters. The first-order valence-corrected chi connectivity index (χ1v) is 8.63. The first-order chi connectivity index (χ1) is 11.3. The van der Waals surface area contributed by atoms with E-state index in [0.29, 0.717) is 0 Å². The molecule has 0 unspecified atom stereocenters. The summed E-state index contributed by atoms with van der Waals surface area (Å²) in [6, 6.07) is 23.5. The molecule has 2 heteroatoms. The van der Waals surface area contributed by atoms with Gasteiger partial charge in [0.05, 0.1) is 11.2 Å². The molecule has 1 heterocycles. The first-order valence-electron chi connectivity index (χ1n) is 7.83. The molecule has 23 heavy (non-hydrogen) atoms. The lowest BCUT2D eigenvalue weighted by Gasteiger charge is -2.11. The molecule has 0 amide bonds. The number of aromatic nitrogens is 1. The Hall–Kier alpha value is -2.19. The molecule has 112 valence electrons. The van der Waals surface area contributed by atoms with E-state index in [4.69, 9.17) is 4.98 Å². The molecule has 1 nitrogen and oxygen atoms in total. The third-order valence-electron chi connectivity index (χ3n) is 4.28. The number of fused-ring (bicyclic) bond motifs is 3. The third-order valence-corrected chi connectivity index (χ3v) is 4.77. The van der Waals surface area contributed by atoms with Gasteiger partial charge in [-0.15, -0.1) is 0 Å². The van der Waals surface area contributed by atoms with E-state index in [0.717, 1.165) is 27.7 Å². The molecule has 0 N–H and O–H groups in total. The summed E-state index contributed by atoms with van der Waals surface area (Å²) in [4.78, 5) is 4.99. The molecule has 0 spiro atoms. The van der Waals surface area contributed by atoms with Gasteiger partial charge in [0.15, 0.2) is 0 Å². The Bertz CT molecular complexity index is 1020. The van der Waals surface area contributed by atoms with E-state index in [2.05, 4.69) is 83.5 Å². The molecule has 3 aromatic carbocycles. The van der Waals surface area contributed by atoms with Crippen LogP contribution in [0.3, 0.4) is 0 Å². The third kappa shape index (κ3) is 2.53. The maximum Gasteiger partial charge on any atom is 0.0741 e. The monoisotopic (exact) mass is 361 g/mol. The highest BCUT2D eigenvalue weighted by Crippen LogP contribution is 2.31. The van der Waals surface area contributed by atoms with Crippen LogP contribution in [-0.4, -0.2) is 4.98 Å². The summed E-state index contributed by atoms with van der Waals surface area (Å²) < 4.78 is 1.08. The van der Waals surface area contributed by atoms with E-state index in [1.54, 1.807) is 0 Å². The Morgan fingerprint density at radius 3 is 2.57 bits per heavy atom. The molecular weight excluding hydrogens is 346 g/mol. The van der Waals surface area contributed by atoms with Crippen molar-refractivity contribution in [2.24, 2.45) is 0 Å². The van der Waals surface area contributed by atoms with Gasteiger partial charge >= 0.3 is 0 Å². The minimum absolute atomic E-state index is 0.966. The molecule has 0 aliphatic carbocycles. The Labute approximate surface area is 144 Å². The largest absolute Gasteiger partial charge is 0.247 e. The summed E-state index contributed by atoms with van der Waals surface area (Å²) in [5, 5.41) is 3.77. The van der Waals surface area contributed by atoms with Crippen molar-refractivity contribution in [3.05, 3.63) is 76.8 Å². The highest BCUT2D eigenvalue weighted by Gasteiger charge is 2.10. The molecule has 4 aromatic rings. The lowest BCUT2D eigenvalue weighted by Crippen LogP contribution is -1.94.